The van der Waals surface area contributed by atoms with Gasteiger partial charge in [-0.25, -0.2) is 0 Å². The number of nitrogens with zero attached hydrogens (tertiary/aromatic N) is 1. The average molecular weight is 452 g/mol. The maximum absolute atomic E-state index is 12.9. The van der Waals surface area contributed by atoms with Crippen LogP contribution in [0.3, 0.4) is 0 Å². The van der Waals surface area contributed by atoms with Crippen LogP contribution in [0, 0.1) is 5.92 Å². The van der Waals surface area contributed by atoms with Crippen LogP contribution in [0.2, 0.25) is 0 Å². The second-order valence-electron chi connectivity index (χ2n) is 10.6. The number of rotatable bonds is 3. The molecule has 0 spiro atoms. The molecule has 2 atom stereocenters. The molecule has 0 saturated heterocycles. The molecule has 0 fully saturated rings. The van der Waals surface area contributed by atoms with E-state index in [1.165, 1.54) is 43.8 Å². The SMILES string of the molecule is CC(C(=O)OC(C)(C)C)C(C)N1Cc2ccc3ccccc3c2-c2c(ccc3ccccc23)C1. The van der Waals surface area contributed by atoms with Gasteiger partial charge in [-0.3, -0.25) is 9.69 Å². The van der Waals surface area contributed by atoms with Gasteiger partial charge in [0.25, 0.3) is 0 Å². The third kappa shape index (κ3) is 4.10. The maximum atomic E-state index is 12.9. The molecule has 4 aromatic rings. The third-order valence-electron chi connectivity index (χ3n) is 7.11. The molecule has 0 bridgehead atoms. The molecule has 174 valence electrons. The molecule has 5 rings (SSSR count). The van der Waals surface area contributed by atoms with Crippen molar-refractivity contribution in [3.05, 3.63) is 83.9 Å². The topological polar surface area (TPSA) is 29.5 Å². The van der Waals surface area contributed by atoms with E-state index in [0.717, 1.165) is 13.1 Å². The molecule has 0 aromatic heterocycles. The van der Waals surface area contributed by atoms with Gasteiger partial charge in [0.15, 0.2) is 0 Å². The first-order chi connectivity index (χ1) is 16.2. The zero-order valence-corrected chi connectivity index (χ0v) is 20.8. The summed E-state index contributed by atoms with van der Waals surface area (Å²) >= 11 is 0. The summed E-state index contributed by atoms with van der Waals surface area (Å²) < 4.78 is 5.73. The van der Waals surface area contributed by atoms with Gasteiger partial charge in [-0.05, 0) is 71.5 Å². The van der Waals surface area contributed by atoms with E-state index >= 15 is 0 Å². The summed E-state index contributed by atoms with van der Waals surface area (Å²) in [5.74, 6) is -0.369. The van der Waals surface area contributed by atoms with Crippen LogP contribution in [-0.4, -0.2) is 22.5 Å². The van der Waals surface area contributed by atoms with Gasteiger partial charge in [-0.2, -0.15) is 0 Å². The monoisotopic (exact) mass is 451 g/mol. The summed E-state index contributed by atoms with van der Waals surface area (Å²) in [4.78, 5) is 15.4. The highest BCUT2D eigenvalue weighted by Gasteiger charge is 2.32. The van der Waals surface area contributed by atoms with Crippen LogP contribution in [0.4, 0.5) is 0 Å². The number of hydrogen-bond acceptors (Lipinski definition) is 3. The minimum atomic E-state index is -0.485. The van der Waals surface area contributed by atoms with Gasteiger partial charge in [-0.1, -0.05) is 79.7 Å². The average Bonchev–Trinajstić information content (AvgIpc) is 2.99. The van der Waals surface area contributed by atoms with Crippen molar-refractivity contribution in [1.82, 2.24) is 4.90 Å². The summed E-state index contributed by atoms with van der Waals surface area (Å²) in [6, 6.07) is 26.3. The summed E-state index contributed by atoms with van der Waals surface area (Å²) in [7, 11) is 0. The van der Waals surface area contributed by atoms with Crippen molar-refractivity contribution in [1.29, 1.82) is 0 Å². The largest absolute Gasteiger partial charge is 0.460 e. The lowest BCUT2D eigenvalue weighted by atomic mass is 9.88. The minimum Gasteiger partial charge on any atom is -0.460 e. The van der Waals surface area contributed by atoms with E-state index in [0.29, 0.717) is 0 Å². The molecule has 1 aliphatic heterocycles. The maximum Gasteiger partial charge on any atom is 0.310 e. The Bertz CT molecular complexity index is 1290. The minimum absolute atomic E-state index is 0.0339. The Morgan fingerprint density at radius 1 is 0.765 bits per heavy atom. The van der Waals surface area contributed by atoms with Crippen molar-refractivity contribution >= 4 is 27.5 Å². The Morgan fingerprint density at radius 3 is 1.71 bits per heavy atom. The van der Waals surface area contributed by atoms with Crippen molar-refractivity contribution in [3.63, 3.8) is 0 Å². The molecular weight excluding hydrogens is 418 g/mol. The lowest BCUT2D eigenvalue weighted by molar-refractivity contribution is -0.161. The number of esters is 1. The number of hydrogen-bond donors (Lipinski definition) is 0. The number of carbonyl (C=O) groups excluding carboxylic acids is 1. The van der Waals surface area contributed by atoms with Crippen LogP contribution in [0.15, 0.2) is 72.8 Å². The van der Waals surface area contributed by atoms with Crippen molar-refractivity contribution in [2.24, 2.45) is 5.92 Å². The lowest BCUT2D eigenvalue weighted by Crippen LogP contribution is -2.41. The Morgan fingerprint density at radius 2 is 1.24 bits per heavy atom. The Hall–Kier alpha value is -3.17. The zero-order valence-electron chi connectivity index (χ0n) is 20.8. The van der Waals surface area contributed by atoms with Gasteiger partial charge in [0.2, 0.25) is 0 Å². The highest BCUT2D eigenvalue weighted by molar-refractivity contribution is 6.08. The number of fused-ring (bicyclic) bond motifs is 7. The van der Waals surface area contributed by atoms with Crippen LogP contribution in [-0.2, 0) is 22.6 Å². The first-order valence-electron chi connectivity index (χ1n) is 12.2. The Balaban J connectivity index is 1.66. The Kier molecular flexibility index (Phi) is 5.69. The van der Waals surface area contributed by atoms with Crippen LogP contribution < -0.4 is 0 Å². The van der Waals surface area contributed by atoms with Crippen LogP contribution in [0.25, 0.3) is 32.7 Å². The van der Waals surface area contributed by atoms with E-state index in [1.54, 1.807) is 0 Å². The lowest BCUT2D eigenvalue weighted by Gasteiger charge is -2.33. The van der Waals surface area contributed by atoms with Crippen molar-refractivity contribution < 1.29 is 9.53 Å². The zero-order chi connectivity index (χ0) is 24.0. The van der Waals surface area contributed by atoms with Gasteiger partial charge in [0, 0.05) is 19.1 Å². The summed E-state index contributed by atoms with van der Waals surface area (Å²) in [5, 5.41) is 5.08. The molecule has 0 aliphatic carbocycles. The van der Waals surface area contributed by atoms with Crippen LogP contribution >= 0.6 is 0 Å². The highest BCUT2D eigenvalue weighted by atomic mass is 16.6. The standard InChI is InChI=1S/C31H33NO2/c1-20(30(33)34-31(3,4)5)21(2)32-18-24-16-14-22-10-6-8-12-26(22)28(24)29-25(19-32)17-15-23-11-7-9-13-27(23)29/h6-17,20-21H,18-19H2,1-5H3. The molecule has 34 heavy (non-hydrogen) atoms. The van der Waals surface area contributed by atoms with E-state index in [2.05, 4.69) is 84.6 Å². The van der Waals surface area contributed by atoms with Crippen molar-refractivity contribution in [2.75, 3.05) is 0 Å². The third-order valence-corrected chi connectivity index (χ3v) is 7.11. The van der Waals surface area contributed by atoms with Gasteiger partial charge in [-0.15, -0.1) is 0 Å². The molecule has 0 radical (unpaired) electrons. The van der Waals surface area contributed by atoms with Gasteiger partial charge < -0.3 is 4.74 Å². The van der Waals surface area contributed by atoms with E-state index in [1.807, 2.05) is 27.7 Å². The van der Waals surface area contributed by atoms with Crippen LogP contribution in [0.1, 0.15) is 45.7 Å². The normalized spacial score (nSPS) is 15.9. The molecule has 3 nitrogen and oxygen atoms in total. The first kappa shape index (κ1) is 22.6. The fourth-order valence-electron chi connectivity index (χ4n) is 5.18. The van der Waals surface area contributed by atoms with E-state index in [4.69, 9.17) is 4.74 Å². The van der Waals surface area contributed by atoms with E-state index in [-0.39, 0.29) is 17.9 Å². The summed E-state index contributed by atoms with van der Waals surface area (Å²) in [5.41, 5.74) is 4.77. The first-order valence-corrected chi connectivity index (χ1v) is 12.2. The van der Waals surface area contributed by atoms with Gasteiger partial charge in [0.1, 0.15) is 5.60 Å². The molecule has 0 amide bonds. The fourth-order valence-corrected chi connectivity index (χ4v) is 5.18. The molecule has 2 unspecified atom stereocenters. The Labute approximate surface area is 202 Å². The van der Waals surface area contributed by atoms with Crippen molar-refractivity contribution in [2.45, 2.75) is 59.4 Å². The summed E-state index contributed by atoms with van der Waals surface area (Å²) in [6.45, 7) is 11.5. The van der Waals surface area contributed by atoms with E-state index < -0.39 is 5.60 Å². The number of carbonyl (C=O) groups is 1. The quantitative estimate of drug-likeness (QED) is 0.305. The summed E-state index contributed by atoms with van der Waals surface area (Å²) in [6.07, 6.45) is 0. The second kappa shape index (κ2) is 8.56. The smallest absolute Gasteiger partial charge is 0.310 e. The van der Waals surface area contributed by atoms with Crippen molar-refractivity contribution in [3.8, 4) is 11.1 Å². The number of ether oxygens (including phenoxy) is 1. The molecular formula is C31H33NO2. The molecule has 1 aliphatic rings. The molecule has 3 heteroatoms. The predicted molar refractivity (Wildman–Crippen MR) is 141 cm³/mol. The van der Waals surface area contributed by atoms with E-state index in [9.17, 15) is 4.79 Å². The predicted octanol–water partition coefficient (Wildman–Crippen LogP) is 7.34. The fraction of sp³-hybridized carbons (Fsp3) is 0.323. The van der Waals surface area contributed by atoms with Gasteiger partial charge in [0.05, 0.1) is 5.92 Å². The van der Waals surface area contributed by atoms with Gasteiger partial charge >= 0.3 is 5.97 Å². The second-order valence-corrected chi connectivity index (χ2v) is 10.6. The molecule has 0 N–H and O–H groups in total. The van der Waals surface area contributed by atoms with Crippen LogP contribution in [0.5, 0.6) is 0 Å². The number of benzene rings is 4. The highest BCUT2D eigenvalue weighted by Crippen LogP contribution is 2.42. The molecule has 1 heterocycles. The molecule has 0 saturated carbocycles. The molecule has 4 aromatic carbocycles.